The van der Waals surface area contributed by atoms with Gasteiger partial charge >= 0.3 is 17.8 Å². The van der Waals surface area contributed by atoms with E-state index in [9.17, 15) is 37.8 Å². The molecule has 0 aliphatic carbocycles. The highest BCUT2D eigenvalue weighted by Crippen LogP contribution is 2.48. The van der Waals surface area contributed by atoms with E-state index in [-0.39, 0.29) is 23.4 Å². The van der Waals surface area contributed by atoms with Crippen molar-refractivity contribution in [2.24, 2.45) is 0 Å². The van der Waals surface area contributed by atoms with E-state index >= 15 is 0 Å². The Balaban J connectivity index is 1.45. The molecule has 1 aliphatic heterocycles. The van der Waals surface area contributed by atoms with Crippen LogP contribution in [0.3, 0.4) is 0 Å². The molecule has 5 aromatic rings. The van der Waals surface area contributed by atoms with Crippen molar-refractivity contribution in [3.8, 4) is 17.2 Å². The Morgan fingerprint density at radius 1 is 0.891 bits per heavy atom. The molecule has 12 nitrogen and oxygen atoms in total. The Bertz CT molecular complexity index is 2180. The molecule has 0 bridgehead atoms. The van der Waals surface area contributed by atoms with Gasteiger partial charge in [-0.05, 0) is 72.1 Å². The standard InChI is InChI=1S/C40H38F3N3O9/c1-24-22-46(37(51)45-35(24)49)38(23-54-31-19-13-28(14-20-31)44-36(50)40(41,42)43)21-32(47)33(55-38)34(48)39(25-7-5-4-6-8-25,26-9-15-29(52-2)16-10-26)27-11-17-30(53-3)18-12-27/h4-20,22,32-34,47-48H,21,23H2,1-3H3,(H,44,50)(H,45,49,51)/t32-,33-,34?,38-/m0/s1. The van der Waals surface area contributed by atoms with Crippen molar-refractivity contribution in [3.05, 3.63) is 152 Å². The maximum Gasteiger partial charge on any atom is 0.471 e. The Hall–Kier alpha value is -5.90. The maximum atomic E-state index is 13.5. The molecule has 1 fully saturated rings. The highest BCUT2D eigenvalue weighted by atomic mass is 19.4. The third kappa shape index (κ3) is 7.58. The van der Waals surface area contributed by atoms with E-state index in [0.29, 0.717) is 28.2 Å². The summed E-state index contributed by atoms with van der Waals surface area (Å²) in [6.45, 7) is 0.999. The number of ether oxygens (including phenoxy) is 4. The molecule has 4 N–H and O–H groups in total. The number of nitrogens with zero attached hydrogens (tertiary/aromatic N) is 1. The van der Waals surface area contributed by atoms with E-state index in [1.165, 1.54) is 51.6 Å². The van der Waals surface area contributed by atoms with Crippen molar-refractivity contribution in [1.82, 2.24) is 9.55 Å². The number of anilines is 1. The van der Waals surface area contributed by atoms with Gasteiger partial charge in [-0.2, -0.15) is 13.2 Å². The second kappa shape index (κ2) is 15.5. The molecule has 1 unspecified atom stereocenters. The van der Waals surface area contributed by atoms with Crippen molar-refractivity contribution >= 4 is 11.6 Å². The number of aromatic amines is 1. The number of H-pyrrole nitrogens is 1. The summed E-state index contributed by atoms with van der Waals surface area (Å²) in [7, 11) is 3.06. The molecule has 55 heavy (non-hydrogen) atoms. The molecule has 4 aromatic carbocycles. The lowest BCUT2D eigenvalue weighted by Gasteiger charge is -2.43. The van der Waals surface area contributed by atoms with Crippen molar-refractivity contribution in [1.29, 1.82) is 0 Å². The number of benzene rings is 4. The number of alkyl halides is 3. The molecule has 1 aliphatic rings. The first-order valence-corrected chi connectivity index (χ1v) is 17.0. The molecule has 0 radical (unpaired) electrons. The molecule has 0 spiro atoms. The summed E-state index contributed by atoms with van der Waals surface area (Å²) >= 11 is 0. The summed E-state index contributed by atoms with van der Waals surface area (Å²) < 4.78 is 63.0. The van der Waals surface area contributed by atoms with Gasteiger partial charge in [0.1, 0.15) is 36.1 Å². The molecular weight excluding hydrogens is 723 g/mol. The zero-order chi connectivity index (χ0) is 39.5. The van der Waals surface area contributed by atoms with Crippen LogP contribution in [0, 0.1) is 6.92 Å². The summed E-state index contributed by atoms with van der Waals surface area (Å²) in [6, 6.07) is 28.3. The fraction of sp³-hybridized carbons (Fsp3) is 0.275. The third-order valence-corrected chi connectivity index (χ3v) is 9.73. The van der Waals surface area contributed by atoms with Crippen molar-refractivity contribution in [2.45, 2.75) is 49.0 Å². The van der Waals surface area contributed by atoms with Crippen LogP contribution in [0.4, 0.5) is 18.9 Å². The van der Waals surface area contributed by atoms with Gasteiger partial charge in [0.2, 0.25) is 0 Å². The Morgan fingerprint density at radius 2 is 1.42 bits per heavy atom. The smallest absolute Gasteiger partial charge is 0.471 e. The number of hydrogen-bond donors (Lipinski definition) is 4. The number of hydrogen-bond acceptors (Lipinski definition) is 9. The average Bonchev–Trinajstić information content (AvgIpc) is 3.53. The molecule has 1 saturated heterocycles. The fourth-order valence-corrected chi connectivity index (χ4v) is 6.99. The Labute approximate surface area is 312 Å². The minimum Gasteiger partial charge on any atom is -0.497 e. The maximum absolute atomic E-state index is 13.5. The largest absolute Gasteiger partial charge is 0.497 e. The third-order valence-electron chi connectivity index (χ3n) is 9.73. The normalized spacial score (nSPS) is 19.1. The Morgan fingerprint density at radius 3 is 1.95 bits per heavy atom. The van der Waals surface area contributed by atoms with Crippen LogP contribution in [0.15, 0.2) is 119 Å². The molecule has 288 valence electrons. The molecule has 6 rings (SSSR count). The number of methoxy groups -OCH3 is 2. The minimum absolute atomic E-state index is 0.107. The second-order valence-electron chi connectivity index (χ2n) is 13.1. The first-order valence-electron chi connectivity index (χ1n) is 17.0. The van der Waals surface area contributed by atoms with Crippen LogP contribution < -0.4 is 30.8 Å². The Kier molecular flexibility index (Phi) is 10.9. The van der Waals surface area contributed by atoms with Crippen LogP contribution in [-0.2, 0) is 20.7 Å². The van der Waals surface area contributed by atoms with E-state index in [2.05, 4.69) is 4.98 Å². The van der Waals surface area contributed by atoms with Gasteiger partial charge in [0.15, 0.2) is 5.72 Å². The fourth-order valence-electron chi connectivity index (χ4n) is 6.99. The molecule has 1 aromatic heterocycles. The first-order chi connectivity index (χ1) is 26.2. The van der Waals surface area contributed by atoms with Crippen molar-refractivity contribution in [3.63, 3.8) is 0 Å². The van der Waals surface area contributed by atoms with E-state index < -0.39 is 59.4 Å². The van der Waals surface area contributed by atoms with E-state index in [4.69, 9.17) is 18.9 Å². The number of aryl methyl sites for hydroxylation is 1. The molecule has 15 heteroatoms. The van der Waals surface area contributed by atoms with E-state index in [1.807, 2.05) is 30.3 Å². The van der Waals surface area contributed by atoms with Gasteiger partial charge in [0, 0.05) is 23.9 Å². The highest BCUT2D eigenvalue weighted by Gasteiger charge is 2.57. The SMILES string of the molecule is COc1ccc(C(c2ccccc2)(c2ccc(OC)cc2)C(O)[C@H]2O[C@@](COc3ccc(NC(=O)C(F)(F)F)cc3)(n3cc(C)c(=O)[nH]c3=O)C[C@@H]2O)cc1. The summed E-state index contributed by atoms with van der Waals surface area (Å²) in [5.41, 5.74) is -2.96. The zero-order valence-corrected chi connectivity index (χ0v) is 29.9. The quantitative estimate of drug-likeness (QED) is 0.133. The van der Waals surface area contributed by atoms with Gasteiger partial charge in [-0.3, -0.25) is 19.1 Å². The van der Waals surface area contributed by atoms with Crippen LogP contribution in [-0.4, -0.2) is 71.0 Å². The topological polar surface area (TPSA) is 161 Å². The molecule has 0 saturated carbocycles. The number of aliphatic hydroxyl groups excluding tert-OH is 2. The predicted octanol–water partition coefficient (Wildman–Crippen LogP) is 4.64. The first kappa shape index (κ1) is 38.8. The van der Waals surface area contributed by atoms with Crippen LogP contribution in [0.1, 0.15) is 28.7 Å². The number of carbonyl (C=O) groups is 1. The summed E-state index contributed by atoms with van der Waals surface area (Å²) in [5.74, 6) is -0.920. The summed E-state index contributed by atoms with van der Waals surface area (Å²) in [6.07, 6.45) is -8.55. The number of carbonyl (C=O) groups excluding carboxylic acids is 1. The zero-order valence-electron chi connectivity index (χ0n) is 29.9. The number of nitrogens with one attached hydrogen (secondary N) is 2. The van der Waals surface area contributed by atoms with Crippen LogP contribution in [0.2, 0.25) is 0 Å². The molecule has 1 amide bonds. The van der Waals surface area contributed by atoms with Gasteiger partial charge in [-0.1, -0.05) is 54.6 Å². The predicted molar refractivity (Wildman–Crippen MR) is 194 cm³/mol. The van der Waals surface area contributed by atoms with Crippen LogP contribution >= 0.6 is 0 Å². The molecule has 4 atom stereocenters. The second-order valence-corrected chi connectivity index (χ2v) is 13.1. The van der Waals surface area contributed by atoms with Gasteiger partial charge < -0.3 is 34.5 Å². The number of rotatable bonds is 12. The highest BCUT2D eigenvalue weighted by molar-refractivity contribution is 5.94. The lowest BCUT2D eigenvalue weighted by atomic mass is 9.64. The van der Waals surface area contributed by atoms with Gasteiger partial charge in [-0.25, -0.2) is 4.79 Å². The van der Waals surface area contributed by atoms with Gasteiger partial charge in [-0.15, -0.1) is 0 Å². The molecule has 2 heterocycles. The van der Waals surface area contributed by atoms with E-state index in [0.717, 1.165) is 4.57 Å². The van der Waals surface area contributed by atoms with Crippen LogP contribution in [0.25, 0.3) is 0 Å². The number of halogens is 3. The van der Waals surface area contributed by atoms with Crippen molar-refractivity contribution < 1.29 is 47.1 Å². The number of amides is 1. The van der Waals surface area contributed by atoms with Gasteiger partial charge in [0.05, 0.1) is 25.7 Å². The molecular formula is C40H38F3N3O9. The lowest BCUT2D eigenvalue weighted by molar-refractivity contribution is -0.167. The number of aromatic nitrogens is 2. The number of aliphatic hydroxyl groups is 2. The van der Waals surface area contributed by atoms with E-state index in [1.54, 1.807) is 53.8 Å². The lowest BCUT2D eigenvalue weighted by Crippen LogP contribution is -2.53. The van der Waals surface area contributed by atoms with Crippen LogP contribution in [0.5, 0.6) is 17.2 Å². The summed E-state index contributed by atoms with van der Waals surface area (Å²) in [4.78, 5) is 39.6. The van der Waals surface area contributed by atoms with Gasteiger partial charge in [0.25, 0.3) is 5.56 Å². The van der Waals surface area contributed by atoms with Crippen molar-refractivity contribution in [2.75, 3.05) is 26.1 Å². The summed E-state index contributed by atoms with van der Waals surface area (Å²) in [5, 5.41) is 26.6. The monoisotopic (exact) mass is 761 g/mol. The average molecular weight is 762 g/mol. The minimum atomic E-state index is -5.09.